The zero-order valence-electron chi connectivity index (χ0n) is 11.2. The van der Waals surface area contributed by atoms with Crippen molar-refractivity contribution >= 4 is 17.0 Å². The fourth-order valence-electron chi connectivity index (χ4n) is 2.08. The van der Waals surface area contributed by atoms with Crippen LogP contribution in [-0.4, -0.2) is 14.1 Å². The monoisotopic (exact) mass is 260 g/mol. The minimum Gasteiger partial charge on any atom is -0.369 e. The number of anilines is 1. The third kappa shape index (κ3) is 2.92. The van der Waals surface area contributed by atoms with Crippen molar-refractivity contribution in [1.29, 1.82) is 0 Å². The van der Waals surface area contributed by atoms with Crippen LogP contribution >= 0.6 is 11.3 Å². The maximum Gasteiger partial charge on any atom is 0.0519 e. The summed E-state index contributed by atoms with van der Waals surface area (Å²) >= 11 is 1.81. The Bertz CT molecular complexity index is 479. The highest BCUT2D eigenvalue weighted by Gasteiger charge is 2.11. The molecule has 1 unspecified atom stereocenters. The molecule has 0 spiro atoms. The smallest absolute Gasteiger partial charge is 0.0519 e. The highest BCUT2D eigenvalue weighted by Crippen LogP contribution is 2.26. The lowest BCUT2D eigenvalue weighted by Gasteiger charge is -2.24. The van der Waals surface area contributed by atoms with E-state index >= 15 is 0 Å². The van der Waals surface area contributed by atoms with Gasteiger partial charge in [0.25, 0.3) is 0 Å². The number of hydrogen-bond donors (Lipinski definition) is 1. The second-order valence-electron chi connectivity index (χ2n) is 4.50. The standard InChI is InChI=1S/C15H20N2S/c1-12(16-2)14-8-4-5-9-15(14)17(3)11-13-7-6-10-18-13/h4-10,12,16H,11H2,1-3H3. The van der Waals surface area contributed by atoms with Gasteiger partial charge in [0, 0.05) is 23.7 Å². The van der Waals surface area contributed by atoms with Gasteiger partial charge in [0.05, 0.1) is 6.54 Å². The van der Waals surface area contributed by atoms with Gasteiger partial charge in [0.2, 0.25) is 0 Å². The van der Waals surface area contributed by atoms with Gasteiger partial charge in [0.15, 0.2) is 0 Å². The van der Waals surface area contributed by atoms with E-state index in [0.29, 0.717) is 6.04 Å². The summed E-state index contributed by atoms with van der Waals surface area (Å²) in [4.78, 5) is 3.71. The van der Waals surface area contributed by atoms with Crippen molar-refractivity contribution in [3.63, 3.8) is 0 Å². The predicted octanol–water partition coefficient (Wildman–Crippen LogP) is 3.66. The Labute approximate surface area is 113 Å². The largest absolute Gasteiger partial charge is 0.369 e. The summed E-state index contributed by atoms with van der Waals surface area (Å²) in [6, 6.07) is 13.3. The highest BCUT2D eigenvalue weighted by molar-refractivity contribution is 7.09. The molecule has 0 radical (unpaired) electrons. The van der Waals surface area contributed by atoms with Crippen molar-refractivity contribution in [3.8, 4) is 0 Å². The molecule has 0 aliphatic heterocycles. The summed E-state index contributed by atoms with van der Waals surface area (Å²) in [5.41, 5.74) is 2.65. The van der Waals surface area contributed by atoms with Crippen LogP contribution < -0.4 is 10.2 Å². The van der Waals surface area contributed by atoms with Crippen molar-refractivity contribution in [3.05, 3.63) is 52.2 Å². The van der Waals surface area contributed by atoms with Crippen molar-refractivity contribution in [2.24, 2.45) is 0 Å². The third-order valence-electron chi connectivity index (χ3n) is 3.22. The minimum atomic E-state index is 0.368. The van der Waals surface area contributed by atoms with Crippen LogP contribution in [0.4, 0.5) is 5.69 Å². The second-order valence-corrected chi connectivity index (χ2v) is 5.54. The van der Waals surface area contributed by atoms with Gasteiger partial charge in [0.1, 0.15) is 0 Å². The maximum absolute atomic E-state index is 3.31. The van der Waals surface area contributed by atoms with Gasteiger partial charge < -0.3 is 10.2 Å². The van der Waals surface area contributed by atoms with Crippen molar-refractivity contribution < 1.29 is 0 Å². The fraction of sp³-hybridized carbons (Fsp3) is 0.333. The van der Waals surface area contributed by atoms with E-state index in [2.05, 4.69) is 66.0 Å². The molecule has 0 saturated carbocycles. The molecule has 96 valence electrons. The first kappa shape index (κ1) is 13.1. The van der Waals surface area contributed by atoms with Crippen LogP contribution in [0.15, 0.2) is 41.8 Å². The first-order valence-electron chi connectivity index (χ1n) is 6.22. The van der Waals surface area contributed by atoms with E-state index in [1.54, 1.807) is 0 Å². The van der Waals surface area contributed by atoms with Gasteiger partial charge in [-0.25, -0.2) is 0 Å². The Balaban J connectivity index is 2.21. The zero-order chi connectivity index (χ0) is 13.0. The van der Waals surface area contributed by atoms with Crippen LogP contribution in [0.2, 0.25) is 0 Å². The summed E-state index contributed by atoms with van der Waals surface area (Å²) in [5.74, 6) is 0. The van der Waals surface area contributed by atoms with Crippen LogP contribution in [0.5, 0.6) is 0 Å². The molecule has 2 nitrogen and oxygen atoms in total. The Kier molecular flexibility index (Phi) is 4.39. The molecule has 2 rings (SSSR count). The number of benzene rings is 1. The molecule has 2 aromatic rings. The van der Waals surface area contributed by atoms with Gasteiger partial charge in [-0.15, -0.1) is 11.3 Å². The van der Waals surface area contributed by atoms with Crippen LogP contribution in [0.3, 0.4) is 0 Å². The van der Waals surface area contributed by atoms with Gasteiger partial charge in [-0.05, 0) is 37.0 Å². The summed E-state index contributed by atoms with van der Waals surface area (Å²) in [6.45, 7) is 3.16. The van der Waals surface area contributed by atoms with Crippen LogP contribution in [0.1, 0.15) is 23.4 Å². The zero-order valence-corrected chi connectivity index (χ0v) is 12.0. The van der Waals surface area contributed by atoms with Gasteiger partial charge in [-0.2, -0.15) is 0 Å². The Morgan fingerprint density at radius 1 is 1.22 bits per heavy atom. The molecule has 3 heteroatoms. The summed E-state index contributed by atoms with van der Waals surface area (Å²) < 4.78 is 0. The molecule has 0 aliphatic carbocycles. The maximum atomic E-state index is 3.31. The van der Waals surface area contributed by atoms with E-state index < -0.39 is 0 Å². The molecule has 1 aromatic heterocycles. The fourth-order valence-corrected chi connectivity index (χ4v) is 2.84. The number of nitrogens with one attached hydrogen (secondary N) is 1. The molecule has 1 N–H and O–H groups in total. The number of nitrogens with zero attached hydrogens (tertiary/aromatic N) is 1. The molecule has 0 fully saturated rings. The van der Waals surface area contributed by atoms with Gasteiger partial charge in [-0.3, -0.25) is 0 Å². The lowest BCUT2D eigenvalue weighted by molar-refractivity contribution is 0.650. The summed E-state index contributed by atoms with van der Waals surface area (Å²) in [5, 5.41) is 5.44. The second kappa shape index (κ2) is 6.03. The minimum absolute atomic E-state index is 0.368. The molecular formula is C15H20N2S. The molecule has 1 aromatic carbocycles. The molecule has 0 bridgehead atoms. The topological polar surface area (TPSA) is 15.3 Å². The normalized spacial score (nSPS) is 12.4. The van der Waals surface area contributed by atoms with Crippen LogP contribution in [0.25, 0.3) is 0 Å². The van der Waals surface area contributed by atoms with E-state index in [1.165, 1.54) is 16.1 Å². The van der Waals surface area contributed by atoms with E-state index in [9.17, 15) is 0 Å². The molecular weight excluding hydrogens is 240 g/mol. The first-order chi connectivity index (χ1) is 8.72. The predicted molar refractivity (Wildman–Crippen MR) is 80.3 cm³/mol. The summed E-state index contributed by atoms with van der Waals surface area (Å²) in [6.07, 6.45) is 0. The average Bonchev–Trinajstić information content (AvgIpc) is 2.90. The molecule has 0 amide bonds. The lowest BCUT2D eigenvalue weighted by atomic mass is 10.1. The number of para-hydroxylation sites is 1. The van der Waals surface area contributed by atoms with Crippen LogP contribution in [0, 0.1) is 0 Å². The van der Waals surface area contributed by atoms with Gasteiger partial charge >= 0.3 is 0 Å². The number of thiophene rings is 1. The Morgan fingerprint density at radius 2 is 2.00 bits per heavy atom. The third-order valence-corrected chi connectivity index (χ3v) is 4.08. The van der Waals surface area contributed by atoms with Crippen molar-refractivity contribution in [2.75, 3.05) is 19.0 Å². The molecule has 18 heavy (non-hydrogen) atoms. The van der Waals surface area contributed by atoms with E-state index in [0.717, 1.165) is 6.54 Å². The van der Waals surface area contributed by atoms with Gasteiger partial charge in [-0.1, -0.05) is 24.3 Å². The van der Waals surface area contributed by atoms with E-state index in [1.807, 2.05) is 18.4 Å². The van der Waals surface area contributed by atoms with E-state index in [4.69, 9.17) is 0 Å². The average molecular weight is 260 g/mol. The molecule has 0 aliphatic rings. The summed E-state index contributed by atoms with van der Waals surface area (Å²) in [7, 11) is 4.15. The van der Waals surface area contributed by atoms with Crippen LogP contribution in [-0.2, 0) is 6.54 Å². The molecule has 0 saturated heterocycles. The van der Waals surface area contributed by atoms with Crippen molar-refractivity contribution in [1.82, 2.24) is 5.32 Å². The first-order valence-corrected chi connectivity index (χ1v) is 7.10. The number of rotatable bonds is 5. The Morgan fingerprint density at radius 3 is 2.67 bits per heavy atom. The Hall–Kier alpha value is -1.32. The molecule has 1 heterocycles. The highest BCUT2D eigenvalue weighted by atomic mass is 32.1. The van der Waals surface area contributed by atoms with Crippen molar-refractivity contribution in [2.45, 2.75) is 19.5 Å². The number of hydrogen-bond acceptors (Lipinski definition) is 3. The lowest BCUT2D eigenvalue weighted by Crippen LogP contribution is -2.21. The quantitative estimate of drug-likeness (QED) is 0.882. The molecule has 1 atom stereocenters. The van der Waals surface area contributed by atoms with E-state index in [-0.39, 0.29) is 0 Å². The SMILES string of the molecule is CNC(C)c1ccccc1N(C)Cc1cccs1.